The molecule has 1 aliphatic carbocycles. The summed E-state index contributed by atoms with van der Waals surface area (Å²) in [6, 6.07) is 6.72. The molecule has 1 aliphatic rings. The zero-order chi connectivity index (χ0) is 9.42. The fraction of sp³-hybridized carbons (Fsp3) is 0.462. The third kappa shape index (κ3) is 1.63. The van der Waals surface area contributed by atoms with Gasteiger partial charge in [0.25, 0.3) is 0 Å². The van der Waals surface area contributed by atoms with Gasteiger partial charge in [0, 0.05) is 0 Å². The first-order valence-electron chi connectivity index (χ1n) is 5.10. The van der Waals surface area contributed by atoms with Crippen LogP contribution in [0.3, 0.4) is 0 Å². The lowest BCUT2D eigenvalue weighted by atomic mass is 9.92. The summed E-state index contributed by atoms with van der Waals surface area (Å²) in [4.78, 5) is 0. The van der Waals surface area contributed by atoms with Gasteiger partial charge in [-0.3, -0.25) is 0 Å². The van der Waals surface area contributed by atoms with Crippen molar-refractivity contribution in [2.75, 3.05) is 0 Å². The third-order valence-corrected chi connectivity index (χ3v) is 2.93. The summed E-state index contributed by atoms with van der Waals surface area (Å²) in [5.74, 6) is 2.30. The average molecular weight is 173 g/mol. The minimum atomic E-state index is 0.874. The molecule has 0 aliphatic heterocycles. The predicted octanol–water partition coefficient (Wildman–Crippen LogP) is 3.83. The zero-order valence-corrected chi connectivity index (χ0v) is 8.72. The molecule has 0 spiro atoms. The van der Waals surface area contributed by atoms with Crippen LogP contribution in [0, 0.1) is 12.8 Å². The largest absolute Gasteiger partial charge is 0.0617 e. The van der Waals surface area contributed by atoms with Gasteiger partial charge in [-0.15, -0.1) is 0 Å². The average Bonchev–Trinajstić information content (AvgIpc) is 2.87. The summed E-state index contributed by atoms with van der Waals surface area (Å²) in [7, 11) is 0. The smallest absolute Gasteiger partial charge is 0.000923 e. The van der Waals surface area contributed by atoms with Crippen LogP contribution in [0.15, 0.2) is 18.2 Å². The van der Waals surface area contributed by atoms with E-state index in [1.807, 2.05) is 0 Å². The van der Waals surface area contributed by atoms with Crippen LogP contribution in [0.1, 0.15) is 49.3 Å². The molecule has 69 valence electrons. The number of hydrogen-bond acceptors (Lipinski definition) is 0. The molecule has 0 atom stereocenters. The highest BCUT2D eigenvalue weighted by atomic mass is 14.3. The standard InChI is InChI=1S/C13H17/c1-9(2)12-5-4-6-13(10(12)3)11-7-8-11/h4-6,11H,7-8H2,1-3H3. The molecule has 0 N–H and O–H groups in total. The van der Waals surface area contributed by atoms with Crippen molar-refractivity contribution in [3.05, 3.63) is 40.8 Å². The number of benzene rings is 1. The molecule has 1 fully saturated rings. The maximum atomic E-state index is 2.29. The van der Waals surface area contributed by atoms with Crippen molar-refractivity contribution in [3.8, 4) is 0 Å². The van der Waals surface area contributed by atoms with Crippen LogP contribution in [-0.2, 0) is 0 Å². The molecule has 0 heteroatoms. The molecule has 13 heavy (non-hydrogen) atoms. The van der Waals surface area contributed by atoms with Crippen LogP contribution in [0.25, 0.3) is 0 Å². The molecule has 1 aromatic carbocycles. The molecule has 0 amide bonds. The Hall–Kier alpha value is -0.780. The Bertz CT molecular complexity index is 286. The third-order valence-electron chi connectivity index (χ3n) is 2.93. The van der Waals surface area contributed by atoms with E-state index in [-0.39, 0.29) is 0 Å². The van der Waals surface area contributed by atoms with Crippen LogP contribution in [-0.4, -0.2) is 0 Å². The summed E-state index contributed by atoms with van der Waals surface area (Å²) in [5.41, 5.74) is 4.54. The lowest BCUT2D eigenvalue weighted by Crippen LogP contribution is -1.96. The van der Waals surface area contributed by atoms with Gasteiger partial charge in [0.2, 0.25) is 0 Å². The molecule has 0 heterocycles. The van der Waals surface area contributed by atoms with Gasteiger partial charge in [0.15, 0.2) is 0 Å². The Kier molecular flexibility index (Phi) is 2.15. The van der Waals surface area contributed by atoms with Gasteiger partial charge in [-0.05, 0) is 48.3 Å². The van der Waals surface area contributed by atoms with Crippen molar-refractivity contribution >= 4 is 0 Å². The van der Waals surface area contributed by atoms with Crippen LogP contribution < -0.4 is 0 Å². The maximum Gasteiger partial charge on any atom is -0.000923 e. The normalized spacial score (nSPS) is 16.6. The van der Waals surface area contributed by atoms with E-state index in [9.17, 15) is 0 Å². The van der Waals surface area contributed by atoms with Crippen molar-refractivity contribution in [1.29, 1.82) is 0 Å². The van der Waals surface area contributed by atoms with Crippen molar-refractivity contribution in [3.63, 3.8) is 0 Å². The summed E-state index contributed by atoms with van der Waals surface area (Å²) in [6.07, 6.45) is 2.79. The van der Waals surface area contributed by atoms with Crippen molar-refractivity contribution in [1.82, 2.24) is 0 Å². The first-order valence-corrected chi connectivity index (χ1v) is 5.10. The van der Waals surface area contributed by atoms with E-state index in [0.29, 0.717) is 0 Å². The Labute approximate surface area is 81.0 Å². The molecule has 1 saturated carbocycles. The Balaban J connectivity index is 2.41. The molecule has 0 unspecified atom stereocenters. The van der Waals surface area contributed by atoms with Gasteiger partial charge in [0.05, 0.1) is 0 Å². The minimum absolute atomic E-state index is 0.874. The van der Waals surface area contributed by atoms with Crippen molar-refractivity contribution in [2.45, 2.75) is 39.5 Å². The van der Waals surface area contributed by atoms with E-state index >= 15 is 0 Å². The zero-order valence-electron chi connectivity index (χ0n) is 8.72. The van der Waals surface area contributed by atoms with E-state index in [4.69, 9.17) is 0 Å². The molecule has 1 aromatic rings. The Morgan fingerprint density at radius 1 is 1.23 bits per heavy atom. The van der Waals surface area contributed by atoms with Crippen molar-refractivity contribution in [2.24, 2.45) is 0 Å². The first kappa shape index (κ1) is 8.80. The lowest BCUT2D eigenvalue weighted by molar-refractivity contribution is 1.05. The van der Waals surface area contributed by atoms with E-state index in [2.05, 4.69) is 39.0 Å². The van der Waals surface area contributed by atoms with Gasteiger partial charge in [0.1, 0.15) is 0 Å². The number of hydrogen-bond donors (Lipinski definition) is 0. The van der Waals surface area contributed by atoms with Gasteiger partial charge < -0.3 is 0 Å². The molecule has 0 saturated heterocycles. The van der Waals surface area contributed by atoms with Crippen molar-refractivity contribution < 1.29 is 0 Å². The molecule has 0 aromatic heterocycles. The highest BCUT2D eigenvalue weighted by Gasteiger charge is 2.25. The highest BCUT2D eigenvalue weighted by Crippen LogP contribution is 2.42. The van der Waals surface area contributed by atoms with Crippen LogP contribution >= 0.6 is 0 Å². The summed E-state index contributed by atoms with van der Waals surface area (Å²) in [5, 5.41) is 0. The molecular formula is C13H17. The number of rotatable bonds is 2. The van der Waals surface area contributed by atoms with Gasteiger partial charge in [-0.25, -0.2) is 0 Å². The quantitative estimate of drug-likeness (QED) is 0.637. The second-order valence-electron chi connectivity index (χ2n) is 4.29. The van der Waals surface area contributed by atoms with E-state index in [1.54, 1.807) is 5.56 Å². The summed E-state index contributed by atoms with van der Waals surface area (Å²) < 4.78 is 0. The maximum absolute atomic E-state index is 2.29. The second kappa shape index (κ2) is 3.17. The summed E-state index contributed by atoms with van der Waals surface area (Å²) >= 11 is 0. The van der Waals surface area contributed by atoms with Gasteiger partial charge in [-0.1, -0.05) is 32.0 Å². The molecule has 0 bridgehead atoms. The van der Waals surface area contributed by atoms with E-state index in [0.717, 1.165) is 5.92 Å². The summed E-state index contributed by atoms with van der Waals surface area (Å²) in [6.45, 7) is 6.65. The SMILES string of the molecule is C[C](C)c1cccc(C2CC2)c1C. The van der Waals surface area contributed by atoms with Crippen LogP contribution in [0.5, 0.6) is 0 Å². The fourth-order valence-electron chi connectivity index (χ4n) is 2.03. The Morgan fingerprint density at radius 2 is 1.92 bits per heavy atom. The topological polar surface area (TPSA) is 0 Å². The van der Waals surface area contributed by atoms with E-state index < -0.39 is 0 Å². The first-order chi connectivity index (χ1) is 6.20. The van der Waals surface area contributed by atoms with Gasteiger partial charge in [-0.2, -0.15) is 0 Å². The molecule has 1 radical (unpaired) electrons. The molecule has 2 rings (SSSR count). The molecular weight excluding hydrogens is 156 g/mol. The molecule has 0 nitrogen and oxygen atoms in total. The second-order valence-corrected chi connectivity index (χ2v) is 4.29. The fourth-order valence-corrected chi connectivity index (χ4v) is 2.03. The van der Waals surface area contributed by atoms with Crippen LogP contribution in [0.4, 0.5) is 0 Å². The van der Waals surface area contributed by atoms with E-state index in [1.165, 1.54) is 29.9 Å². The minimum Gasteiger partial charge on any atom is -0.0617 e. The Morgan fingerprint density at radius 3 is 2.46 bits per heavy atom. The monoisotopic (exact) mass is 173 g/mol. The van der Waals surface area contributed by atoms with Crippen LogP contribution in [0.2, 0.25) is 0 Å². The highest BCUT2D eigenvalue weighted by molar-refractivity contribution is 5.44. The van der Waals surface area contributed by atoms with Gasteiger partial charge >= 0.3 is 0 Å². The lowest BCUT2D eigenvalue weighted by Gasteiger charge is -2.12. The predicted molar refractivity (Wildman–Crippen MR) is 56.8 cm³/mol.